The number of rotatable bonds is 2. The summed E-state index contributed by atoms with van der Waals surface area (Å²) < 4.78 is 13.0. The van der Waals surface area contributed by atoms with Crippen molar-refractivity contribution in [3.63, 3.8) is 0 Å². The largest absolute Gasteiger partial charge is 0.322 e. The Labute approximate surface area is 120 Å². The monoisotopic (exact) mass is 297 g/mol. The van der Waals surface area contributed by atoms with Crippen molar-refractivity contribution >= 4 is 34.8 Å². The molecule has 0 saturated heterocycles. The van der Waals surface area contributed by atoms with Crippen molar-refractivity contribution in [2.45, 2.75) is 6.92 Å². The molecular weight excluding hydrogens is 288 g/mol. The van der Waals surface area contributed by atoms with Crippen molar-refractivity contribution in [2.24, 2.45) is 0 Å². The van der Waals surface area contributed by atoms with Gasteiger partial charge in [-0.2, -0.15) is 0 Å². The highest BCUT2D eigenvalue weighted by atomic mass is 35.5. The Hall–Kier alpha value is -1.58. The van der Waals surface area contributed by atoms with E-state index in [-0.39, 0.29) is 10.9 Å². The minimum atomic E-state index is -0.526. The maximum atomic E-state index is 13.0. The van der Waals surface area contributed by atoms with E-state index >= 15 is 0 Å². The zero-order chi connectivity index (χ0) is 14.0. The molecule has 0 fully saturated rings. The molecule has 1 N–H and O–H groups in total. The van der Waals surface area contributed by atoms with Crippen molar-refractivity contribution < 1.29 is 9.18 Å². The molecule has 0 aliphatic heterocycles. The fourth-order valence-electron chi connectivity index (χ4n) is 1.56. The summed E-state index contributed by atoms with van der Waals surface area (Å²) in [5.74, 6) is -0.829. The normalized spacial score (nSPS) is 10.3. The van der Waals surface area contributed by atoms with E-state index in [0.717, 1.165) is 5.56 Å². The van der Waals surface area contributed by atoms with Gasteiger partial charge in [-0.1, -0.05) is 23.2 Å². The predicted molar refractivity (Wildman–Crippen MR) is 75.6 cm³/mol. The van der Waals surface area contributed by atoms with Gasteiger partial charge in [0, 0.05) is 16.3 Å². The minimum Gasteiger partial charge on any atom is -0.322 e. The first-order valence-electron chi connectivity index (χ1n) is 5.50. The van der Waals surface area contributed by atoms with Crippen molar-refractivity contribution in [1.29, 1.82) is 0 Å². The quantitative estimate of drug-likeness (QED) is 0.856. The van der Waals surface area contributed by atoms with E-state index in [1.54, 1.807) is 18.2 Å². The molecular formula is C14H10Cl2FNO. The van der Waals surface area contributed by atoms with E-state index in [9.17, 15) is 9.18 Å². The van der Waals surface area contributed by atoms with Crippen LogP contribution in [-0.2, 0) is 0 Å². The molecule has 0 aliphatic rings. The number of aryl methyl sites for hydroxylation is 1. The molecule has 0 heterocycles. The number of carbonyl (C=O) groups excluding carboxylic acids is 1. The van der Waals surface area contributed by atoms with E-state index in [0.29, 0.717) is 16.3 Å². The van der Waals surface area contributed by atoms with Gasteiger partial charge in [-0.3, -0.25) is 4.79 Å². The van der Waals surface area contributed by atoms with Gasteiger partial charge in [-0.15, -0.1) is 0 Å². The zero-order valence-electron chi connectivity index (χ0n) is 10.0. The molecule has 2 aromatic rings. The van der Waals surface area contributed by atoms with Crippen LogP contribution < -0.4 is 5.32 Å². The SMILES string of the molecule is Cc1cc(C(=O)Nc2ccc(F)c(Cl)c2)ccc1Cl. The van der Waals surface area contributed by atoms with Crippen molar-refractivity contribution in [2.75, 3.05) is 5.32 Å². The van der Waals surface area contributed by atoms with E-state index in [1.165, 1.54) is 18.2 Å². The van der Waals surface area contributed by atoms with Crippen LogP contribution in [0, 0.1) is 12.7 Å². The van der Waals surface area contributed by atoms with Gasteiger partial charge in [0.05, 0.1) is 5.02 Å². The number of hydrogen-bond donors (Lipinski definition) is 1. The second-order valence-electron chi connectivity index (χ2n) is 4.05. The number of halogens is 3. The number of hydrogen-bond acceptors (Lipinski definition) is 1. The summed E-state index contributed by atoms with van der Waals surface area (Å²) in [6, 6.07) is 8.96. The Balaban J connectivity index is 2.20. The molecule has 0 atom stereocenters. The van der Waals surface area contributed by atoms with Crippen LogP contribution in [0.2, 0.25) is 10.0 Å². The average Bonchev–Trinajstić information content (AvgIpc) is 2.37. The lowest BCUT2D eigenvalue weighted by Crippen LogP contribution is -2.12. The fourth-order valence-corrected chi connectivity index (χ4v) is 1.86. The molecule has 0 radical (unpaired) electrons. The smallest absolute Gasteiger partial charge is 0.255 e. The van der Waals surface area contributed by atoms with Crippen LogP contribution >= 0.6 is 23.2 Å². The van der Waals surface area contributed by atoms with Crippen LogP contribution in [0.3, 0.4) is 0 Å². The van der Waals surface area contributed by atoms with Gasteiger partial charge >= 0.3 is 0 Å². The van der Waals surface area contributed by atoms with Gasteiger partial charge in [0.15, 0.2) is 0 Å². The summed E-state index contributed by atoms with van der Waals surface area (Å²) in [5, 5.41) is 3.20. The Morgan fingerprint density at radius 1 is 1.11 bits per heavy atom. The van der Waals surface area contributed by atoms with Crippen LogP contribution in [0.25, 0.3) is 0 Å². The third kappa shape index (κ3) is 3.25. The van der Waals surface area contributed by atoms with Gasteiger partial charge < -0.3 is 5.32 Å². The summed E-state index contributed by atoms with van der Waals surface area (Å²) in [6.45, 7) is 1.81. The maximum absolute atomic E-state index is 13.0. The summed E-state index contributed by atoms with van der Waals surface area (Å²) in [4.78, 5) is 12.0. The zero-order valence-corrected chi connectivity index (χ0v) is 11.5. The van der Waals surface area contributed by atoms with Crippen LogP contribution in [0.15, 0.2) is 36.4 Å². The lowest BCUT2D eigenvalue weighted by molar-refractivity contribution is 0.102. The van der Waals surface area contributed by atoms with Gasteiger partial charge in [0.2, 0.25) is 0 Å². The third-order valence-corrected chi connectivity index (χ3v) is 3.31. The van der Waals surface area contributed by atoms with Crippen LogP contribution in [0.4, 0.5) is 10.1 Å². The average molecular weight is 298 g/mol. The molecule has 2 aromatic carbocycles. The lowest BCUT2D eigenvalue weighted by atomic mass is 10.1. The third-order valence-electron chi connectivity index (χ3n) is 2.60. The highest BCUT2D eigenvalue weighted by Gasteiger charge is 2.09. The predicted octanol–water partition coefficient (Wildman–Crippen LogP) is 4.69. The number of benzene rings is 2. The fraction of sp³-hybridized carbons (Fsp3) is 0.0714. The summed E-state index contributed by atoms with van der Waals surface area (Å²) in [5.41, 5.74) is 1.72. The molecule has 0 aromatic heterocycles. The molecule has 0 bridgehead atoms. The molecule has 2 nitrogen and oxygen atoms in total. The second-order valence-corrected chi connectivity index (χ2v) is 4.86. The van der Waals surface area contributed by atoms with Crippen molar-refractivity contribution in [1.82, 2.24) is 0 Å². The second kappa shape index (κ2) is 5.59. The first-order chi connectivity index (χ1) is 8.97. The first-order valence-corrected chi connectivity index (χ1v) is 6.25. The van der Waals surface area contributed by atoms with Crippen LogP contribution in [0.5, 0.6) is 0 Å². The Bertz CT molecular complexity index is 643. The summed E-state index contributed by atoms with van der Waals surface area (Å²) in [7, 11) is 0. The van der Waals surface area contributed by atoms with Gasteiger partial charge in [-0.25, -0.2) is 4.39 Å². The standard InChI is InChI=1S/C14H10Cl2FNO/c1-8-6-9(2-4-11(8)15)14(19)18-10-3-5-13(17)12(16)7-10/h2-7H,1H3,(H,18,19). The van der Waals surface area contributed by atoms with Gasteiger partial charge in [0.25, 0.3) is 5.91 Å². The van der Waals surface area contributed by atoms with E-state index < -0.39 is 5.82 Å². The Morgan fingerprint density at radius 3 is 2.47 bits per heavy atom. The number of amides is 1. The lowest BCUT2D eigenvalue weighted by Gasteiger charge is -2.07. The molecule has 0 spiro atoms. The molecule has 0 unspecified atom stereocenters. The summed E-state index contributed by atoms with van der Waals surface area (Å²) >= 11 is 11.5. The molecule has 19 heavy (non-hydrogen) atoms. The van der Waals surface area contributed by atoms with Gasteiger partial charge in [-0.05, 0) is 48.9 Å². The summed E-state index contributed by atoms with van der Waals surface area (Å²) in [6.07, 6.45) is 0. The topological polar surface area (TPSA) is 29.1 Å². The maximum Gasteiger partial charge on any atom is 0.255 e. The number of carbonyl (C=O) groups is 1. The highest BCUT2D eigenvalue weighted by Crippen LogP contribution is 2.21. The van der Waals surface area contributed by atoms with E-state index in [4.69, 9.17) is 23.2 Å². The Morgan fingerprint density at radius 2 is 1.84 bits per heavy atom. The molecule has 98 valence electrons. The molecule has 5 heteroatoms. The van der Waals surface area contributed by atoms with E-state index in [2.05, 4.69) is 5.32 Å². The molecule has 0 aliphatic carbocycles. The first kappa shape index (κ1) is 13.8. The molecule has 1 amide bonds. The van der Waals surface area contributed by atoms with Gasteiger partial charge in [0.1, 0.15) is 5.82 Å². The molecule has 2 rings (SSSR count). The number of anilines is 1. The van der Waals surface area contributed by atoms with Crippen molar-refractivity contribution in [3.05, 3.63) is 63.4 Å². The van der Waals surface area contributed by atoms with E-state index in [1.807, 2.05) is 6.92 Å². The van der Waals surface area contributed by atoms with Crippen molar-refractivity contribution in [3.8, 4) is 0 Å². The highest BCUT2D eigenvalue weighted by molar-refractivity contribution is 6.31. The Kier molecular flexibility index (Phi) is 4.08. The van der Waals surface area contributed by atoms with Crippen LogP contribution in [-0.4, -0.2) is 5.91 Å². The number of nitrogens with one attached hydrogen (secondary N) is 1. The molecule has 0 saturated carbocycles. The minimum absolute atomic E-state index is 0.0370. The van der Waals surface area contributed by atoms with Crippen LogP contribution in [0.1, 0.15) is 15.9 Å².